The van der Waals surface area contributed by atoms with Gasteiger partial charge in [0, 0.05) is 24.2 Å². The molecule has 4 aliphatic rings. The average molecular weight is 504 g/mol. The minimum atomic E-state index is -0.140. The predicted molar refractivity (Wildman–Crippen MR) is 146 cm³/mol. The topological polar surface area (TPSA) is 86.7 Å². The number of fused-ring (bicyclic) bond motifs is 6. The number of benzene rings is 1. The summed E-state index contributed by atoms with van der Waals surface area (Å²) in [7, 11) is 0. The summed E-state index contributed by atoms with van der Waals surface area (Å²) >= 11 is 0. The van der Waals surface area contributed by atoms with Gasteiger partial charge in [0.1, 0.15) is 0 Å². The summed E-state index contributed by atoms with van der Waals surface area (Å²) in [6, 6.07) is 10.3. The highest BCUT2D eigenvalue weighted by Crippen LogP contribution is 2.65. The summed E-state index contributed by atoms with van der Waals surface area (Å²) < 4.78 is 0. The van der Waals surface area contributed by atoms with Crippen LogP contribution in [0.3, 0.4) is 0 Å². The van der Waals surface area contributed by atoms with Crippen molar-refractivity contribution < 1.29 is 14.7 Å². The molecule has 37 heavy (non-hydrogen) atoms. The standard InChI is InChI=1S/C31H41N3O3/c1-30-14-11-23(18-21(30)7-8-24-25-9-10-28(35)31(25,2)15-12-26(24)30)34-37-19-29(36)32-16-13-22-17-20-5-3-4-6-27(20)33-22/h3-6,17-18,24-26,28,33,35H,7-16,19H2,1-2H3,(H,32,36)/t24?,25?,26?,28?,30-,31-/m0/s1. The van der Waals surface area contributed by atoms with Crippen molar-refractivity contribution in [2.45, 2.75) is 77.7 Å². The van der Waals surface area contributed by atoms with E-state index >= 15 is 0 Å². The van der Waals surface area contributed by atoms with Gasteiger partial charge in [-0.05, 0) is 104 Å². The van der Waals surface area contributed by atoms with Crippen molar-refractivity contribution in [3.63, 3.8) is 0 Å². The Bertz CT molecular complexity index is 1200. The number of hydrogen-bond donors (Lipinski definition) is 3. The lowest BCUT2D eigenvalue weighted by Gasteiger charge is -2.57. The van der Waals surface area contributed by atoms with E-state index in [1.54, 1.807) is 0 Å². The molecular weight excluding hydrogens is 462 g/mol. The summed E-state index contributed by atoms with van der Waals surface area (Å²) in [5.41, 5.74) is 5.08. The molecule has 3 fully saturated rings. The molecular formula is C31H41N3O3. The highest BCUT2D eigenvalue weighted by atomic mass is 16.6. The first kappa shape index (κ1) is 24.7. The fourth-order valence-corrected chi connectivity index (χ4v) is 8.45. The normalized spacial score (nSPS) is 36.0. The van der Waals surface area contributed by atoms with Gasteiger partial charge in [0.25, 0.3) is 5.91 Å². The van der Waals surface area contributed by atoms with Crippen LogP contribution in [0.4, 0.5) is 0 Å². The Kier molecular flexibility index (Phi) is 6.42. The number of aliphatic hydroxyl groups excluding tert-OH is 1. The number of oxime groups is 1. The fraction of sp³-hybridized carbons (Fsp3) is 0.613. The van der Waals surface area contributed by atoms with Crippen LogP contribution in [0.1, 0.15) is 70.9 Å². The predicted octanol–water partition coefficient (Wildman–Crippen LogP) is 5.52. The number of nitrogens with one attached hydrogen (secondary N) is 2. The van der Waals surface area contributed by atoms with E-state index in [-0.39, 0.29) is 29.4 Å². The van der Waals surface area contributed by atoms with Crippen LogP contribution in [0.25, 0.3) is 10.9 Å². The van der Waals surface area contributed by atoms with E-state index in [9.17, 15) is 9.90 Å². The third-order valence-electron chi connectivity index (χ3n) is 10.6. The number of amides is 1. The molecule has 4 aliphatic carbocycles. The SMILES string of the molecule is C[C@]12CCC3C(CCC4=CC(=NOCC(=O)NCCc5cc6ccccc6[nH]5)CC[C@@]43C)C1CCC2O. The number of nitrogens with zero attached hydrogens (tertiary/aromatic N) is 1. The van der Waals surface area contributed by atoms with Crippen LogP contribution >= 0.6 is 0 Å². The molecule has 4 unspecified atom stereocenters. The van der Waals surface area contributed by atoms with Crippen LogP contribution in [0.15, 0.2) is 47.1 Å². The highest BCUT2D eigenvalue weighted by Gasteiger charge is 2.58. The Morgan fingerprint density at radius 2 is 2.00 bits per heavy atom. The molecule has 0 aliphatic heterocycles. The van der Waals surface area contributed by atoms with E-state index in [2.05, 4.69) is 53.6 Å². The maximum Gasteiger partial charge on any atom is 0.260 e. The molecule has 6 heteroatoms. The number of aromatic nitrogens is 1. The second-order valence-electron chi connectivity index (χ2n) is 12.5. The number of rotatable bonds is 6. The van der Waals surface area contributed by atoms with Gasteiger partial charge in [0.15, 0.2) is 6.61 Å². The molecule has 1 aromatic heterocycles. The van der Waals surface area contributed by atoms with Gasteiger partial charge in [-0.25, -0.2) is 0 Å². The van der Waals surface area contributed by atoms with Gasteiger partial charge in [-0.2, -0.15) is 0 Å². The number of hydrogen-bond acceptors (Lipinski definition) is 4. The van der Waals surface area contributed by atoms with Crippen LogP contribution in [0.5, 0.6) is 0 Å². The van der Waals surface area contributed by atoms with E-state index in [0.29, 0.717) is 18.4 Å². The largest absolute Gasteiger partial charge is 0.393 e. The van der Waals surface area contributed by atoms with Crippen LogP contribution in [-0.2, 0) is 16.1 Å². The maximum absolute atomic E-state index is 12.3. The second-order valence-corrected chi connectivity index (χ2v) is 12.5. The van der Waals surface area contributed by atoms with E-state index in [1.165, 1.54) is 30.2 Å². The van der Waals surface area contributed by atoms with Crippen molar-refractivity contribution in [2.24, 2.45) is 33.7 Å². The molecule has 1 heterocycles. The third kappa shape index (κ3) is 4.41. The zero-order valence-electron chi connectivity index (χ0n) is 22.3. The molecule has 2 aromatic rings. The summed E-state index contributed by atoms with van der Waals surface area (Å²) in [6.07, 6.45) is 11.8. The van der Waals surface area contributed by atoms with Crippen molar-refractivity contribution in [1.29, 1.82) is 0 Å². The molecule has 3 saturated carbocycles. The fourth-order valence-electron chi connectivity index (χ4n) is 8.45. The summed E-state index contributed by atoms with van der Waals surface area (Å²) in [5, 5.41) is 19.2. The first-order valence-electron chi connectivity index (χ1n) is 14.3. The Balaban J connectivity index is 1.01. The van der Waals surface area contributed by atoms with Gasteiger partial charge in [-0.15, -0.1) is 0 Å². The monoisotopic (exact) mass is 503 g/mol. The minimum Gasteiger partial charge on any atom is -0.393 e. The summed E-state index contributed by atoms with van der Waals surface area (Å²) in [6.45, 7) is 5.33. The lowest BCUT2D eigenvalue weighted by Crippen LogP contribution is -2.51. The zero-order chi connectivity index (χ0) is 25.6. The van der Waals surface area contributed by atoms with E-state index in [0.717, 1.165) is 61.4 Å². The molecule has 0 radical (unpaired) electrons. The lowest BCUT2D eigenvalue weighted by atomic mass is 9.47. The van der Waals surface area contributed by atoms with E-state index in [4.69, 9.17) is 4.84 Å². The van der Waals surface area contributed by atoms with Gasteiger partial charge in [0.05, 0.1) is 11.8 Å². The summed E-state index contributed by atoms with van der Waals surface area (Å²) in [5.74, 6) is 1.98. The van der Waals surface area contributed by atoms with Crippen LogP contribution in [-0.4, -0.2) is 41.0 Å². The van der Waals surface area contributed by atoms with E-state index < -0.39 is 0 Å². The molecule has 6 nitrogen and oxygen atoms in total. The number of carbonyl (C=O) groups excluding carboxylic acids is 1. The van der Waals surface area contributed by atoms with Crippen molar-refractivity contribution in [1.82, 2.24) is 10.3 Å². The second kappa shape index (κ2) is 9.61. The number of allylic oxidation sites excluding steroid dienone is 2. The molecule has 0 saturated heterocycles. The maximum atomic E-state index is 12.3. The van der Waals surface area contributed by atoms with Gasteiger partial charge in [0.2, 0.25) is 0 Å². The van der Waals surface area contributed by atoms with Crippen molar-refractivity contribution in [2.75, 3.05) is 13.2 Å². The molecule has 6 rings (SSSR count). The quantitative estimate of drug-likeness (QED) is 0.454. The zero-order valence-corrected chi connectivity index (χ0v) is 22.3. The van der Waals surface area contributed by atoms with Gasteiger partial charge in [-0.1, -0.05) is 42.8 Å². The molecule has 1 aromatic carbocycles. The number of aromatic amines is 1. The summed E-state index contributed by atoms with van der Waals surface area (Å²) in [4.78, 5) is 21.1. The van der Waals surface area contributed by atoms with Gasteiger partial charge in [-0.3, -0.25) is 4.79 Å². The first-order valence-corrected chi connectivity index (χ1v) is 14.3. The number of H-pyrrole nitrogens is 1. The van der Waals surface area contributed by atoms with Gasteiger partial charge >= 0.3 is 0 Å². The van der Waals surface area contributed by atoms with Gasteiger partial charge < -0.3 is 20.2 Å². The molecule has 0 spiro atoms. The number of carbonyl (C=O) groups is 1. The molecule has 0 bridgehead atoms. The third-order valence-corrected chi connectivity index (χ3v) is 10.6. The Labute approximate surface area is 219 Å². The minimum absolute atomic E-state index is 0.0517. The van der Waals surface area contributed by atoms with E-state index in [1.807, 2.05) is 12.1 Å². The molecule has 198 valence electrons. The number of aliphatic hydroxyl groups is 1. The Morgan fingerprint density at radius 1 is 1.14 bits per heavy atom. The first-order chi connectivity index (χ1) is 17.9. The van der Waals surface area contributed by atoms with Crippen molar-refractivity contribution in [3.8, 4) is 0 Å². The number of para-hydroxylation sites is 1. The van der Waals surface area contributed by atoms with Crippen molar-refractivity contribution >= 4 is 22.5 Å². The molecule has 3 N–H and O–H groups in total. The Morgan fingerprint density at radius 3 is 2.86 bits per heavy atom. The molecule has 6 atom stereocenters. The van der Waals surface area contributed by atoms with Crippen LogP contribution in [0.2, 0.25) is 0 Å². The molecule has 1 amide bonds. The van der Waals surface area contributed by atoms with Crippen LogP contribution in [0, 0.1) is 28.6 Å². The van der Waals surface area contributed by atoms with Crippen LogP contribution < -0.4 is 5.32 Å². The highest BCUT2D eigenvalue weighted by molar-refractivity contribution is 5.96. The average Bonchev–Trinajstić information content (AvgIpc) is 3.44. The smallest absolute Gasteiger partial charge is 0.260 e. The lowest BCUT2D eigenvalue weighted by molar-refractivity contribution is -0.125. The van der Waals surface area contributed by atoms with Crippen molar-refractivity contribution in [3.05, 3.63) is 47.7 Å². The Hall–Kier alpha value is -2.60.